The van der Waals surface area contributed by atoms with E-state index in [4.69, 9.17) is 0 Å². The van der Waals surface area contributed by atoms with Crippen LogP contribution in [0.15, 0.2) is 12.2 Å². The van der Waals surface area contributed by atoms with Gasteiger partial charge in [-0.3, -0.25) is 4.90 Å². The highest BCUT2D eigenvalue weighted by Crippen LogP contribution is 2.14. The van der Waals surface area contributed by atoms with Gasteiger partial charge in [0.2, 0.25) is 0 Å². The highest BCUT2D eigenvalue weighted by Gasteiger charge is 2.38. The highest BCUT2D eigenvalue weighted by molar-refractivity contribution is 5.79. The SMILES string of the molecule is COC(=O)N1CC=CC2NC(=O)NC21. The number of fused-ring (bicyclic) bond motifs is 1. The van der Waals surface area contributed by atoms with Crippen molar-refractivity contribution < 1.29 is 14.3 Å². The topological polar surface area (TPSA) is 70.7 Å². The molecule has 6 heteroatoms. The van der Waals surface area contributed by atoms with Gasteiger partial charge in [-0.25, -0.2) is 9.59 Å². The Hall–Kier alpha value is -1.72. The maximum absolute atomic E-state index is 11.3. The summed E-state index contributed by atoms with van der Waals surface area (Å²) in [7, 11) is 1.32. The van der Waals surface area contributed by atoms with Crippen molar-refractivity contribution in [2.75, 3.05) is 13.7 Å². The van der Waals surface area contributed by atoms with Crippen LogP contribution in [0.25, 0.3) is 0 Å². The molecule has 2 rings (SSSR count). The van der Waals surface area contributed by atoms with Crippen LogP contribution in [-0.2, 0) is 4.74 Å². The summed E-state index contributed by atoms with van der Waals surface area (Å²) in [6.45, 7) is 0.454. The van der Waals surface area contributed by atoms with Gasteiger partial charge in [-0.05, 0) is 0 Å². The quantitative estimate of drug-likeness (QED) is 0.520. The van der Waals surface area contributed by atoms with E-state index in [-0.39, 0.29) is 18.2 Å². The number of carbonyl (C=O) groups excluding carboxylic acids is 2. The summed E-state index contributed by atoms with van der Waals surface area (Å²) in [5, 5.41) is 5.32. The van der Waals surface area contributed by atoms with E-state index >= 15 is 0 Å². The molecular weight excluding hydrogens is 186 g/mol. The van der Waals surface area contributed by atoms with Crippen LogP contribution in [0.5, 0.6) is 0 Å². The minimum absolute atomic E-state index is 0.157. The van der Waals surface area contributed by atoms with Crippen molar-refractivity contribution in [1.29, 1.82) is 0 Å². The smallest absolute Gasteiger partial charge is 0.411 e. The summed E-state index contributed by atoms with van der Waals surface area (Å²) in [5.41, 5.74) is 0. The second-order valence-corrected chi connectivity index (χ2v) is 3.14. The average molecular weight is 197 g/mol. The third-order valence-corrected chi connectivity index (χ3v) is 2.31. The number of nitrogens with one attached hydrogen (secondary N) is 2. The van der Waals surface area contributed by atoms with Crippen LogP contribution in [0.3, 0.4) is 0 Å². The summed E-state index contributed by atoms with van der Waals surface area (Å²) in [6.07, 6.45) is 2.92. The minimum atomic E-state index is -0.437. The number of nitrogens with zero attached hydrogens (tertiary/aromatic N) is 1. The fourth-order valence-electron chi connectivity index (χ4n) is 1.66. The second kappa shape index (κ2) is 3.21. The van der Waals surface area contributed by atoms with E-state index in [1.807, 2.05) is 12.2 Å². The number of carbonyl (C=O) groups is 2. The van der Waals surface area contributed by atoms with Crippen LogP contribution in [0, 0.1) is 0 Å². The fourth-order valence-corrected chi connectivity index (χ4v) is 1.66. The average Bonchev–Trinajstić information content (AvgIpc) is 2.56. The zero-order valence-electron chi connectivity index (χ0n) is 7.69. The molecule has 3 amide bonds. The third-order valence-electron chi connectivity index (χ3n) is 2.31. The van der Waals surface area contributed by atoms with Crippen molar-refractivity contribution in [2.45, 2.75) is 12.2 Å². The van der Waals surface area contributed by atoms with Crippen molar-refractivity contribution in [3.63, 3.8) is 0 Å². The van der Waals surface area contributed by atoms with Crippen molar-refractivity contribution in [1.82, 2.24) is 15.5 Å². The Morgan fingerprint density at radius 2 is 2.43 bits per heavy atom. The first-order valence-electron chi connectivity index (χ1n) is 4.30. The first-order chi connectivity index (χ1) is 6.72. The highest BCUT2D eigenvalue weighted by atomic mass is 16.5. The van der Waals surface area contributed by atoms with Crippen LogP contribution < -0.4 is 10.6 Å². The largest absolute Gasteiger partial charge is 0.453 e. The number of ether oxygens (including phenoxy) is 1. The molecule has 2 aliphatic heterocycles. The third kappa shape index (κ3) is 1.28. The second-order valence-electron chi connectivity index (χ2n) is 3.14. The van der Waals surface area contributed by atoms with E-state index < -0.39 is 6.09 Å². The van der Waals surface area contributed by atoms with Crippen molar-refractivity contribution in [2.24, 2.45) is 0 Å². The molecule has 14 heavy (non-hydrogen) atoms. The fraction of sp³-hybridized carbons (Fsp3) is 0.500. The van der Waals surface area contributed by atoms with Gasteiger partial charge in [-0.1, -0.05) is 12.2 Å². The van der Waals surface area contributed by atoms with Gasteiger partial charge in [0.15, 0.2) is 0 Å². The molecule has 2 unspecified atom stereocenters. The predicted octanol–water partition coefficient (Wildman–Crippen LogP) is -0.368. The predicted molar refractivity (Wildman–Crippen MR) is 47.5 cm³/mol. The normalized spacial score (nSPS) is 29.2. The molecule has 6 nitrogen and oxygen atoms in total. The first-order valence-corrected chi connectivity index (χ1v) is 4.30. The molecule has 1 saturated heterocycles. The van der Waals surface area contributed by atoms with Gasteiger partial charge in [0, 0.05) is 6.54 Å². The first kappa shape index (κ1) is 8.86. The van der Waals surface area contributed by atoms with Crippen LogP contribution in [-0.4, -0.2) is 42.9 Å². The molecule has 0 aromatic heterocycles. The Morgan fingerprint density at radius 1 is 1.64 bits per heavy atom. The molecule has 0 saturated carbocycles. The van der Waals surface area contributed by atoms with Crippen molar-refractivity contribution in [3.05, 3.63) is 12.2 Å². The zero-order chi connectivity index (χ0) is 10.1. The molecule has 0 aliphatic carbocycles. The number of rotatable bonds is 0. The van der Waals surface area contributed by atoms with E-state index in [1.165, 1.54) is 12.0 Å². The number of amides is 3. The summed E-state index contributed by atoms with van der Waals surface area (Å²) in [4.78, 5) is 23.8. The monoisotopic (exact) mass is 197 g/mol. The molecule has 0 radical (unpaired) electrons. The lowest BCUT2D eigenvalue weighted by molar-refractivity contribution is 0.103. The van der Waals surface area contributed by atoms with E-state index in [9.17, 15) is 9.59 Å². The molecule has 0 bridgehead atoms. The zero-order valence-corrected chi connectivity index (χ0v) is 7.69. The Bertz CT molecular complexity index is 302. The molecule has 2 atom stereocenters. The molecule has 76 valence electrons. The number of methoxy groups -OCH3 is 1. The van der Waals surface area contributed by atoms with Crippen LogP contribution in [0.2, 0.25) is 0 Å². The summed E-state index contributed by atoms with van der Waals surface area (Å²) < 4.78 is 4.61. The van der Waals surface area contributed by atoms with E-state index in [2.05, 4.69) is 15.4 Å². The Morgan fingerprint density at radius 3 is 3.14 bits per heavy atom. The van der Waals surface area contributed by atoms with Gasteiger partial charge >= 0.3 is 12.1 Å². The van der Waals surface area contributed by atoms with Crippen molar-refractivity contribution in [3.8, 4) is 0 Å². The van der Waals surface area contributed by atoms with Gasteiger partial charge in [0.25, 0.3) is 0 Å². The molecule has 1 fully saturated rings. The maximum atomic E-state index is 11.3. The molecule has 0 aromatic rings. The lowest BCUT2D eigenvalue weighted by Crippen LogP contribution is -2.53. The molecular formula is C8H11N3O3. The molecule has 2 heterocycles. The lowest BCUT2D eigenvalue weighted by atomic mass is 10.1. The summed E-state index contributed by atoms with van der Waals surface area (Å²) in [5.74, 6) is 0. The minimum Gasteiger partial charge on any atom is -0.453 e. The molecule has 2 N–H and O–H groups in total. The van der Waals surface area contributed by atoms with E-state index in [0.29, 0.717) is 6.54 Å². The molecule has 0 aromatic carbocycles. The van der Waals surface area contributed by atoms with Gasteiger partial charge in [-0.15, -0.1) is 0 Å². The van der Waals surface area contributed by atoms with Crippen LogP contribution in [0.4, 0.5) is 9.59 Å². The summed E-state index contributed by atoms with van der Waals surface area (Å²) in [6, 6.07) is -0.421. The Balaban J connectivity index is 2.17. The van der Waals surface area contributed by atoms with Crippen LogP contribution in [0.1, 0.15) is 0 Å². The Kier molecular flexibility index (Phi) is 2.03. The van der Waals surface area contributed by atoms with Gasteiger partial charge < -0.3 is 15.4 Å². The van der Waals surface area contributed by atoms with Crippen LogP contribution >= 0.6 is 0 Å². The van der Waals surface area contributed by atoms with Gasteiger partial charge in [0.1, 0.15) is 6.17 Å². The van der Waals surface area contributed by atoms with Gasteiger partial charge in [0.05, 0.1) is 13.2 Å². The van der Waals surface area contributed by atoms with E-state index in [0.717, 1.165) is 0 Å². The summed E-state index contributed by atoms with van der Waals surface area (Å²) >= 11 is 0. The number of urea groups is 1. The standard InChI is InChI=1S/C8H11N3O3/c1-14-8(13)11-4-2-3-5-6(11)10-7(12)9-5/h2-3,5-6H,4H2,1H3,(H2,9,10,12). The van der Waals surface area contributed by atoms with E-state index in [1.54, 1.807) is 0 Å². The number of hydrogen-bond acceptors (Lipinski definition) is 3. The number of hydrogen-bond donors (Lipinski definition) is 2. The van der Waals surface area contributed by atoms with Crippen molar-refractivity contribution >= 4 is 12.1 Å². The van der Waals surface area contributed by atoms with Gasteiger partial charge in [-0.2, -0.15) is 0 Å². The Labute approximate surface area is 80.9 Å². The molecule has 0 spiro atoms. The molecule has 2 aliphatic rings. The maximum Gasteiger partial charge on any atom is 0.411 e. The lowest BCUT2D eigenvalue weighted by Gasteiger charge is -2.31.